The largest absolute Gasteiger partial charge is 0.496 e. The smallest absolute Gasteiger partial charge is 0.122 e. The van der Waals surface area contributed by atoms with Gasteiger partial charge < -0.3 is 4.74 Å². The molecule has 0 N–H and O–H groups in total. The van der Waals surface area contributed by atoms with Gasteiger partial charge in [-0.15, -0.1) is 0 Å². The molecule has 0 bridgehead atoms. The fraction of sp³-hybridized carbons (Fsp3) is 0.409. The van der Waals surface area contributed by atoms with Crippen LogP contribution in [-0.2, 0) is 11.3 Å². The van der Waals surface area contributed by atoms with Gasteiger partial charge in [-0.2, -0.15) is 0 Å². The molecule has 2 aromatic rings. The molecule has 0 radical (unpaired) electrons. The van der Waals surface area contributed by atoms with Crippen LogP contribution in [0.1, 0.15) is 64.3 Å². The van der Waals surface area contributed by atoms with Crippen molar-refractivity contribution in [3.8, 4) is 5.75 Å². The van der Waals surface area contributed by atoms with Crippen molar-refractivity contribution in [3.05, 3.63) is 62.7 Å². The molecular weight excluding hydrogens is 328 g/mol. The molecule has 0 atom stereocenters. The number of methoxy groups -OCH3 is 1. The summed E-state index contributed by atoms with van der Waals surface area (Å²) in [6.45, 7) is 14.8. The second-order valence-electron chi connectivity index (χ2n) is 7.15. The van der Waals surface area contributed by atoms with Gasteiger partial charge in [-0.25, -0.2) is 4.21 Å². The lowest BCUT2D eigenvalue weighted by molar-refractivity contribution is 0.406. The minimum absolute atomic E-state index is 0.326. The van der Waals surface area contributed by atoms with Crippen molar-refractivity contribution >= 4 is 16.1 Å². The van der Waals surface area contributed by atoms with Gasteiger partial charge in [0.2, 0.25) is 0 Å². The zero-order chi connectivity index (χ0) is 18.9. The van der Waals surface area contributed by atoms with E-state index in [0.29, 0.717) is 17.2 Å². The molecule has 0 unspecified atom stereocenters. The first-order chi connectivity index (χ1) is 11.7. The van der Waals surface area contributed by atoms with Crippen molar-refractivity contribution in [2.75, 3.05) is 7.11 Å². The Kier molecular flexibility index (Phi) is 5.89. The molecule has 25 heavy (non-hydrogen) atoms. The van der Waals surface area contributed by atoms with Gasteiger partial charge in [0, 0.05) is 16.7 Å². The Labute approximate surface area is 155 Å². The first-order valence-electron chi connectivity index (χ1n) is 8.66. The average molecular weight is 357 g/mol. The van der Waals surface area contributed by atoms with Gasteiger partial charge >= 0.3 is 0 Å². The summed E-state index contributed by atoms with van der Waals surface area (Å²) in [6, 6.07) is 6.36. The summed E-state index contributed by atoms with van der Waals surface area (Å²) in [6.07, 6.45) is 0. The zero-order valence-electron chi connectivity index (χ0n) is 16.5. The fourth-order valence-electron chi connectivity index (χ4n) is 3.94. The molecule has 2 nitrogen and oxygen atoms in total. The summed E-state index contributed by atoms with van der Waals surface area (Å²) >= 11 is 0.598. The third-order valence-electron chi connectivity index (χ3n) is 4.80. The highest BCUT2D eigenvalue weighted by Gasteiger charge is 2.22. The monoisotopic (exact) mass is 356 g/mol. The van der Waals surface area contributed by atoms with E-state index in [1.165, 1.54) is 11.1 Å². The van der Waals surface area contributed by atoms with Crippen LogP contribution in [0.15, 0.2) is 18.2 Å². The van der Waals surface area contributed by atoms with E-state index < -0.39 is 0 Å². The summed E-state index contributed by atoms with van der Waals surface area (Å²) in [4.78, 5) is 0.814. The van der Waals surface area contributed by atoms with Crippen LogP contribution in [0.5, 0.6) is 5.75 Å². The lowest BCUT2D eigenvalue weighted by Gasteiger charge is -2.22. The number of ether oxygens (including phenoxy) is 1. The summed E-state index contributed by atoms with van der Waals surface area (Å²) in [5.41, 5.74) is 9.04. The average Bonchev–Trinajstić information content (AvgIpc) is 2.50. The molecule has 2 rings (SSSR count). The van der Waals surface area contributed by atoms with Crippen LogP contribution in [0.4, 0.5) is 0 Å². The predicted octanol–water partition coefficient (Wildman–Crippen LogP) is 5.14. The fourth-order valence-corrected chi connectivity index (χ4v) is 4.75. The number of aryl methyl sites for hydroxylation is 4. The second-order valence-corrected chi connectivity index (χ2v) is 7.73. The Morgan fingerprint density at radius 2 is 1.44 bits per heavy atom. The number of rotatable bonds is 4. The molecule has 0 aromatic heterocycles. The van der Waals surface area contributed by atoms with E-state index in [4.69, 9.17) is 4.74 Å². The Morgan fingerprint density at radius 1 is 0.920 bits per heavy atom. The molecule has 0 saturated carbocycles. The molecule has 3 heteroatoms. The van der Waals surface area contributed by atoms with Gasteiger partial charge in [-0.3, -0.25) is 0 Å². The van der Waals surface area contributed by atoms with E-state index in [1.807, 2.05) is 0 Å². The molecule has 0 amide bonds. The van der Waals surface area contributed by atoms with Crippen molar-refractivity contribution < 1.29 is 8.95 Å². The van der Waals surface area contributed by atoms with Crippen molar-refractivity contribution in [2.45, 2.75) is 54.4 Å². The van der Waals surface area contributed by atoms with Crippen LogP contribution in [0.3, 0.4) is 0 Å². The topological polar surface area (TPSA) is 26.3 Å². The van der Waals surface area contributed by atoms with Gasteiger partial charge in [-0.1, -0.05) is 31.5 Å². The summed E-state index contributed by atoms with van der Waals surface area (Å²) < 4.78 is 17.8. The third kappa shape index (κ3) is 3.57. The maximum atomic E-state index is 12.2. The van der Waals surface area contributed by atoms with Crippen molar-refractivity contribution in [2.24, 2.45) is 0 Å². The quantitative estimate of drug-likeness (QED) is 0.560. The maximum Gasteiger partial charge on any atom is 0.122 e. The Balaban J connectivity index is 2.85. The molecule has 134 valence electrons. The normalized spacial score (nSPS) is 10.9. The van der Waals surface area contributed by atoms with Gasteiger partial charge in [0.25, 0.3) is 0 Å². The van der Waals surface area contributed by atoms with E-state index in [1.54, 1.807) is 7.11 Å². The van der Waals surface area contributed by atoms with E-state index in [2.05, 4.69) is 66.7 Å². The van der Waals surface area contributed by atoms with E-state index in [9.17, 15) is 4.21 Å². The first-order valence-corrected chi connectivity index (χ1v) is 9.40. The van der Waals surface area contributed by atoms with Gasteiger partial charge in [0.05, 0.1) is 23.2 Å². The summed E-state index contributed by atoms with van der Waals surface area (Å²) in [5.74, 6) is 1.23. The summed E-state index contributed by atoms with van der Waals surface area (Å²) in [7, 11) is 1.71. The highest BCUT2D eigenvalue weighted by molar-refractivity contribution is 7.67. The summed E-state index contributed by atoms with van der Waals surface area (Å²) in [5, 5.41) is 0. The molecule has 0 aliphatic heterocycles. The van der Waals surface area contributed by atoms with E-state index >= 15 is 0 Å². The van der Waals surface area contributed by atoms with Gasteiger partial charge in [0.1, 0.15) is 5.75 Å². The molecule has 2 aromatic carbocycles. The molecule has 0 aliphatic rings. The lowest BCUT2D eigenvalue weighted by Crippen LogP contribution is -2.14. The minimum Gasteiger partial charge on any atom is -0.496 e. The first kappa shape index (κ1) is 19.5. The predicted molar refractivity (Wildman–Crippen MR) is 109 cm³/mol. The van der Waals surface area contributed by atoms with Crippen LogP contribution in [0.2, 0.25) is 0 Å². The zero-order valence-corrected chi connectivity index (χ0v) is 17.4. The minimum atomic E-state index is 0.326. The van der Waals surface area contributed by atoms with E-state index in [-0.39, 0.29) is 0 Å². The Morgan fingerprint density at radius 3 is 1.88 bits per heavy atom. The molecule has 0 aliphatic carbocycles. The second kappa shape index (κ2) is 7.57. The number of hydrogen-bond acceptors (Lipinski definition) is 2. The van der Waals surface area contributed by atoms with Crippen LogP contribution in [0.25, 0.3) is 0 Å². The third-order valence-corrected chi connectivity index (χ3v) is 5.37. The highest BCUT2D eigenvalue weighted by Crippen LogP contribution is 2.35. The number of benzene rings is 2. The van der Waals surface area contributed by atoms with Gasteiger partial charge in [0.15, 0.2) is 0 Å². The van der Waals surface area contributed by atoms with Crippen LogP contribution in [-0.4, -0.2) is 16.2 Å². The molecule has 0 saturated heterocycles. The SMILES string of the molecule is COc1cc(C)c(C(=S=O)c2c(C)cc(C)cc2C)c(C)c1C(C)C. The Bertz CT molecular complexity index is 849. The highest BCUT2D eigenvalue weighted by atomic mass is 32.1. The van der Waals surface area contributed by atoms with Crippen LogP contribution in [0, 0.1) is 34.6 Å². The lowest BCUT2D eigenvalue weighted by atomic mass is 9.85. The standard InChI is InChI=1S/C22H28O2S/c1-12(2)19-17(7)21(16(6)11-18(19)24-8)22(25-23)20-14(4)9-13(3)10-15(20)5/h9-12H,1-8H3. The van der Waals surface area contributed by atoms with Crippen molar-refractivity contribution in [3.63, 3.8) is 0 Å². The molecule has 0 spiro atoms. The van der Waals surface area contributed by atoms with Crippen LogP contribution >= 0.6 is 0 Å². The van der Waals surface area contributed by atoms with Gasteiger partial charge in [-0.05, 0) is 68.9 Å². The number of hydrogen-bond donors (Lipinski definition) is 0. The molecule has 0 fully saturated rings. The Hall–Kier alpha value is -1.87. The molecular formula is C22H28O2S. The van der Waals surface area contributed by atoms with Crippen molar-refractivity contribution in [1.29, 1.82) is 0 Å². The van der Waals surface area contributed by atoms with Crippen molar-refractivity contribution in [1.82, 2.24) is 0 Å². The molecule has 0 heterocycles. The van der Waals surface area contributed by atoms with E-state index in [0.717, 1.165) is 44.0 Å². The van der Waals surface area contributed by atoms with Crippen LogP contribution < -0.4 is 4.74 Å². The maximum absolute atomic E-state index is 12.2.